The molecule has 2 saturated heterocycles. The van der Waals surface area contributed by atoms with Crippen molar-refractivity contribution >= 4 is 52.5 Å². The van der Waals surface area contributed by atoms with Crippen molar-refractivity contribution in [1.29, 1.82) is 0 Å². The van der Waals surface area contributed by atoms with Crippen molar-refractivity contribution in [3.05, 3.63) is 71.6 Å². The summed E-state index contributed by atoms with van der Waals surface area (Å²) in [6.07, 6.45) is 1.97. The average molecular weight is 573 g/mol. The van der Waals surface area contributed by atoms with Gasteiger partial charge in [-0.3, -0.25) is 24.5 Å². The minimum Gasteiger partial charge on any atom is -0.491 e. The number of anilines is 1. The normalized spacial score (nSPS) is 33.3. The van der Waals surface area contributed by atoms with Crippen LogP contribution in [0.4, 0.5) is 10.1 Å². The maximum Gasteiger partial charge on any atom is 0.258 e. The molecule has 6 atom stereocenters. The lowest BCUT2D eigenvalue weighted by Gasteiger charge is -2.50. The number of fused-ring (bicyclic) bond motifs is 4. The quantitative estimate of drug-likeness (QED) is 0.323. The summed E-state index contributed by atoms with van der Waals surface area (Å²) in [5, 5.41) is 11.5. The van der Waals surface area contributed by atoms with Gasteiger partial charge in [-0.15, -0.1) is 23.2 Å². The number of imide groups is 2. The molecule has 2 aliphatic heterocycles. The van der Waals surface area contributed by atoms with Gasteiger partial charge in [0, 0.05) is 5.92 Å². The first-order valence-electron chi connectivity index (χ1n) is 12.5. The Labute approximate surface area is 232 Å². The summed E-state index contributed by atoms with van der Waals surface area (Å²) in [5.41, 5.74) is 1.35. The molecule has 0 radical (unpaired) electrons. The van der Waals surface area contributed by atoms with Crippen LogP contribution in [0, 0.1) is 23.6 Å². The van der Waals surface area contributed by atoms with Crippen molar-refractivity contribution in [2.45, 2.75) is 28.5 Å². The van der Waals surface area contributed by atoms with Crippen molar-refractivity contribution in [1.82, 2.24) is 5.32 Å². The minimum atomic E-state index is -1.98. The van der Waals surface area contributed by atoms with Crippen LogP contribution in [0.5, 0.6) is 5.75 Å². The Bertz CT molecular complexity index is 1430. The Balaban J connectivity index is 1.52. The molecule has 39 heavy (non-hydrogen) atoms. The number of amides is 4. The van der Waals surface area contributed by atoms with Crippen molar-refractivity contribution in [2.75, 3.05) is 18.1 Å². The summed E-state index contributed by atoms with van der Waals surface area (Å²) in [4.78, 5) is 50.5. The number of carbonyl (C=O) groups is 4. The molecule has 2 aromatic carbocycles. The highest BCUT2D eigenvalue weighted by atomic mass is 35.5. The second kappa shape index (κ2) is 9.15. The molecule has 8 nitrogen and oxygen atoms in total. The third-order valence-electron chi connectivity index (χ3n) is 8.31. The van der Waals surface area contributed by atoms with E-state index < -0.39 is 57.0 Å². The number of rotatable bonds is 5. The molecule has 2 aromatic rings. The first-order chi connectivity index (χ1) is 18.6. The van der Waals surface area contributed by atoms with E-state index in [0.717, 1.165) is 17.0 Å². The zero-order valence-corrected chi connectivity index (χ0v) is 21.9. The summed E-state index contributed by atoms with van der Waals surface area (Å²) in [6.45, 7) is -0.0796. The molecule has 3 fully saturated rings. The highest BCUT2D eigenvalue weighted by Gasteiger charge is 2.76. The number of alkyl halides is 2. The van der Waals surface area contributed by atoms with Gasteiger partial charge in [-0.25, -0.2) is 9.29 Å². The van der Waals surface area contributed by atoms with Gasteiger partial charge in [0.25, 0.3) is 11.8 Å². The number of hydrogen-bond acceptors (Lipinski definition) is 6. The summed E-state index contributed by atoms with van der Waals surface area (Å²) in [7, 11) is 0. The van der Waals surface area contributed by atoms with Gasteiger partial charge in [0.1, 0.15) is 18.2 Å². The summed E-state index contributed by atoms with van der Waals surface area (Å²) < 4.78 is 19.1. The standard InChI is InChI=1S/C28H23Cl2FN2O6/c29-27-13-20-18(9-10-19-21(20)24(36)32-23(19)35)22(14-1-7-17(8-2-14)39-12-11-34)28(27,30)26(38)33(25(27)37)16-5-3-15(31)4-6-16/h1-9,19-22,34H,10-13H2,(H,32,35,36). The van der Waals surface area contributed by atoms with Crippen molar-refractivity contribution in [3.63, 3.8) is 0 Å². The fourth-order valence-electron chi connectivity index (χ4n) is 6.60. The number of hydrogen-bond donors (Lipinski definition) is 2. The number of carbonyl (C=O) groups excluding carboxylic acids is 4. The number of aliphatic hydroxyl groups excluding tert-OH is 1. The zero-order valence-electron chi connectivity index (χ0n) is 20.4. The number of benzene rings is 2. The largest absolute Gasteiger partial charge is 0.491 e. The first kappa shape index (κ1) is 26.0. The molecule has 0 aromatic heterocycles. The van der Waals surface area contributed by atoms with Crippen LogP contribution in [-0.4, -0.2) is 51.7 Å². The molecule has 0 bridgehead atoms. The van der Waals surface area contributed by atoms with Crippen molar-refractivity contribution < 1.29 is 33.4 Å². The second-order valence-electron chi connectivity index (χ2n) is 10.2. The van der Waals surface area contributed by atoms with E-state index in [1.54, 1.807) is 24.3 Å². The smallest absolute Gasteiger partial charge is 0.258 e. The number of allylic oxidation sites excluding steroid dienone is 2. The number of halogens is 3. The van der Waals surface area contributed by atoms with Gasteiger partial charge in [-0.05, 0) is 60.7 Å². The SMILES string of the molecule is O=C1NC(=O)C2C1CC=C1C2CC2(Cl)C(=O)N(c3ccc(F)cc3)C(=O)C2(Cl)C1c1ccc(OCCO)cc1. The van der Waals surface area contributed by atoms with Gasteiger partial charge in [0.15, 0.2) is 9.75 Å². The van der Waals surface area contributed by atoms with Crippen LogP contribution in [0.2, 0.25) is 0 Å². The lowest BCUT2D eigenvalue weighted by molar-refractivity contribution is -0.127. The Morgan fingerprint density at radius 1 is 0.974 bits per heavy atom. The van der Waals surface area contributed by atoms with Crippen LogP contribution >= 0.6 is 23.2 Å². The molecule has 2 aliphatic carbocycles. The molecule has 6 unspecified atom stereocenters. The first-order valence-corrected chi connectivity index (χ1v) is 13.3. The minimum absolute atomic E-state index is 0.0893. The maximum atomic E-state index is 14.2. The fourth-order valence-corrected chi connectivity index (χ4v) is 7.54. The van der Waals surface area contributed by atoms with Gasteiger partial charge in [-0.2, -0.15) is 0 Å². The predicted octanol–water partition coefficient (Wildman–Crippen LogP) is 3.05. The predicted molar refractivity (Wildman–Crippen MR) is 139 cm³/mol. The monoisotopic (exact) mass is 572 g/mol. The molecule has 1 saturated carbocycles. The highest BCUT2D eigenvalue weighted by Crippen LogP contribution is 2.65. The molecule has 2 N–H and O–H groups in total. The molecule has 6 rings (SSSR count). The Morgan fingerprint density at radius 3 is 2.33 bits per heavy atom. The van der Waals surface area contributed by atoms with Crippen molar-refractivity contribution in [2.24, 2.45) is 17.8 Å². The van der Waals surface area contributed by atoms with E-state index in [1.165, 1.54) is 12.1 Å². The second-order valence-corrected chi connectivity index (χ2v) is 11.5. The van der Waals surface area contributed by atoms with E-state index in [0.29, 0.717) is 16.9 Å². The van der Waals surface area contributed by atoms with Gasteiger partial charge >= 0.3 is 0 Å². The zero-order chi connectivity index (χ0) is 27.7. The van der Waals surface area contributed by atoms with Gasteiger partial charge in [-0.1, -0.05) is 23.8 Å². The topological polar surface area (TPSA) is 113 Å². The molecule has 0 spiro atoms. The summed E-state index contributed by atoms with van der Waals surface area (Å²) in [5.74, 6) is -5.33. The van der Waals surface area contributed by atoms with Gasteiger partial charge < -0.3 is 9.84 Å². The summed E-state index contributed by atoms with van der Waals surface area (Å²) in [6, 6.07) is 11.6. The Morgan fingerprint density at radius 2 is 1.67 bits per heavy atom. The number of nitrogens with zero attached hydrogens (tertiary/aromatic N) is 1. The van der Waals surface area contributed by atoms with Gasteiger partial charge in [0.05, 0.1) is 24.1 Å². The van der Waals surface area contributed by atoms with E-state index in [1.807, 2.05) is 6.08 Å². The third-order valence-corrected chi connectivity index (χ3v) is 9.73. The average Bonchev–Trinajstić information content (AvgIpc) is 3.29. The van der Waals surface area contributed by atoms with E-state index in [-0.39, 0.29) is 37.6 Å². The van der Waals surface area contributed by atoms with Crippen LogP contribution in [-0.2, 0) is 19.2 Å². The van der Waals surface area contributed by atoms with Crippen LogP contribution < -0.4 is 15.0 Å². The Hall–Kier alpha value is -3.27. The van der Waals surface area contributed by atoms with Crippen LogP contribution in [0.25, 0.3) is 0 Å². The lowest BCUT2D eigenvalue weighted by Crippen LogP contribution is -2.60. The molecule has 202 valence electrons. The lowest BCUT2D eigenvalue weighted by atomic mass is 9.56. The molecular formula is C28H23Cl2FN2O6. The summed E-state index contributed by atoms with van der Waals surface area (Å²) >= 11 is 14.5. The van der Waals surface area contributed by atoms with E-state index in [2.05, 4.69) is 5.32 Å². The van der Waals surface area contributed by atoms with Crippen LogP contribution in [0.1, 0.15) is 24.3 Å². The fraction of sp³-hybridized carbons (Fsp3) is 0.357. The maximum absolute atomic E-state index is 14.2. The van der Waals surface area contributed by atoms with Gasteiger partial charge in [0.2, 0.25) is 11.8 Å². The number of nitrogens with one attached hydrogen (secondary N) is 1. The van der Waals surface area contributed by atoms with E-state index in [9.17, 15) is 23.6 Å². The third kappa shape index (κ3) is 3.59. The highest BCUT2D eigenvalue weighted by molar-refractivity contribution is 6.58. The molecule has 4 aliphatic rings. The molecular weight excluding hydrogens is 550 g/mol. The van der Waals surface area contributed by atoms with Crippen molar-refractivity contribution in [3.8, 4) is 5.75 Å². The van der Waals surface area contributed by atoms with E-state index in [4.69, 9.17) is 33.0 Å². The molecule has 11 heteroatoms. The number of aliphatic hydroxyl groups is 1. The number of ether oxygens (including phenoxy) is 1. The molecule has 4 amide bonds. The molecule has 2 heterocycles. The Kier molecular flexibility index (Phi) is 6.09. The van der Waals surface area contributed by atoms with E-state index >= 15 is 0 Å². The van der Waals surface area contributed by atoms with Crippen LogP contribution in [0.3, 0.4) is 0 Å². The van der Waals surface area contributed by atoms with Crippen LogP contribution in [0.15, 0.2) is 60.2 Å².